The molecule has 1 unspecified atom stereocenters. The van der Waals surface area contributed by atoms with Gasteiger partial charge in [-0.2, -0.15) is 4.31 Å². The third kappa shape index (κ3) is 4.28. The minimum absolute atomic E-state index is 0.612. The van der Waals surface area contributed by atoms with Gasteiger partial charge >= 0.3 is 12.1 Å². The van der Waals surface area contributed by atoms with Gasteiger partial charge in [-0.25, -0.2) is 40.0 Å². The number of hydrogen-bond acceptors (Lipinski definition) is 5. The predicted molar refractivity (Wildman–Crippen MR) is 78.6 cm³/mol. The zero-order valence-corrected chi connectivity index (χ0v) is 15.1. The second kappa shape index (κ2) is 7.29. The zero-order valence-electron chi connectivity index (χ0n) is 14.3. The number of carboxylic acids is 1. The Morgan fingerprint density at radius 1 is 0.963 bits per heavy atom. The molecule has 0 saturated carbocycles. The summed E-state index contributed by atoms with van der Waals surface area (Å²) in [5, 5.41) is 8.99. The van der Waals surface area contributed by atoms with Gasteiger partial charge < -0.3 is 9.84 Å². The number of hydrogen-bond donors (Lipinski definition) is 1. The normalized spacial score (nSPS) is 13.2. The molecular weight excluding hydrogens is 405 g/mol. The van der Waals surface area contributed by atoms with Crippen LogP contribution in [-0.2, 0) is 19.6 Å². The second-order valence-corrected chi connectivity index (χ2v) is 7.95. The molecule has 0 aromatic heterocycles. The number of benzene rings is 1. The number of amides is 1. The number of rotatable bonds is 4. The molecule has 0 bridgehead atoms. The molecule has 0 fully saturated rings. The molecule has 1 amide bonds. The van der Waals surface area contributed by atoms with Crippen molar-refractivity contribution in [1.82, 2.24) is 4.31 Å². The summed E-state index contributed by atoms with van der Waals surface area (Å²) in [5.41, 5.74) is -1.38. The number of sulfonamides is 1. The summed E-state index contributed by atoms with van der Waals surface area (Å²) < 4.78 is 96.7. The first-order valence-corrected chi connectivity index (χ1v) is 8.49. The number of aliphatic carboxylic acids is 1. The summed E-state index contributed by atoms with van der Waals surface area (Å²) in [7, 11) is -5.86. The van der Waals surface area contributed by atoms with Gasteiger partial charge in [-0.15, -0.1) is 0 Å². The maximum atomic E-state index is 13.9. The Labute approximate surface area is 150 Å². The quantitative estimate of drug-likeness (QED) is 0.458. The third-order valence-electron chi connectivity index (χ3n) is 2.97. The minimum atomic E-state index is -5.86. The van der Waals surface area contributed by atoms with Crippen LogP contribution in [0, 0.1) is 29.1 Å². The Hall–Kier alpha value is -2.44. The van der Waals surface area contributed by atoms with E-state index in [4.69, 9.17) is 5.11 Å². The summed E-state index contributed by atoms with van der Waals surface area (Å²) in [4.78, 5) is 20.9. The van der Waals surface area contributed by atoms with E-state index < -0.39 is 72.0 Å². The first-order valence-electron chi connectivity index (χ1n) is 7.05. The first kappa shape index (κ1) is 22.6. The monoisotopic (exact) mass is 419 g/mol. The molecule has 1 aromatic carbocycles. The van der Waals surface area contributed by atoms with E-state index in [-0.39, 0.29) is 0 Å². The Morgan fingerprint density at radius 2 is 1.33 bits per heavy atom. The number of carbonyl (C=O) groups excluding carboxylic acids is 1. The lowest BCUT2D eigenvalue weighted by atomic mass is 10.2. The lowest BCUT2D eigenvalue weighted by Gasteiger charge is -2.29. The molecule has 1 rings (SSSR count). The maximum absolute atomic E-state index is 13.9. The first-order chi connectivity index (χ1) is 12.0. The molecular formula is C14H14F5NO6S. The second-order valence-electron chi connectivity index (χ2n) is 6.19. The summed E-state index contributed by atoms with van der Waals surface area (Å²) in [5.74, 6) is -15.2. The summed E-state index contributed by atoms with van der Waals surface area (Å²) in [6, 6.07) is -2.29. The van der Waals surface area contributed by atoms with E-state index in [1.165, 1.54) is 20.8 Å². The molecule has 1 atom stereocenters. The number of carboxylic acid groups (broad SMARTS) is 1. The molecule has 7 nitrogen and oxygen atoms in total. The van der Waals surface area contributed by atoms with Crippen molar-refractivity contribution in [3.8, 4) is 0 Å². The van der Waals surface area contributed by atoms with Crippen LogP contribution in [0.3, 0.4) is 0 Å². The van der Waals surface area contributed by atoms with Crippen LogP contribution in [-0.4, -0.2) is 41.5 Å². The van der Waals surface area contributed by atoms with E-state index in [9.17, 15) is 40.0 Å². The van der Waals surface area contributed by atoms with Crippen LogP contribution < -0.4 is 0 Å². The third-order valence-corrected chi connectivity index (χ3v) is 4.83. The number of nitrogens with zero attached hydrogens (tertiary/aromatic N) is 1. The number of halogens is 5. The Balaban J connectivity index is 3.78. The highest BCUT2D eigenvalue weighted by molar-refractivity contribution is 7.89. The molecule has 0 heterocycles. The van der Waals surface area contributed by atoms with Crippen LogP contribution in [0.15, 0.2) is 4.90 Å². The summed E-state index contributed by atoms with van der Waals surface area (Å²) in [6.45, 7) is 4.43. The van der Waals surface area contributed by atoms with Gasteiger partial charge in [-0.1, -0.05) is 0 Å². The Morgan fingerprint density at radius 3 is 1.67 bits per heavy atom. The van der Waals surface area contributed by atoms with Crippen LogP contribution in [0.25, 0.3) is 0 Å². The van der Waals surface area contributed by atoms with E-state index in [0.29, 0.717) is 6.92 Å². The van der Waals surface area contributed by atoms with Gasteiger partial charge in [0.25, 0.3) is 10.0 Å². The van der Waals surface area contributed by atoms with Crippen LogP contribution in [0.1, 0.15) is 27.7 Å². The average Bonchev–Trinajstić information content (AvgIpc) is 2.48. The minimum Gasteiger partial charge on any atom is -0.480 e. The topological polar surface area (TPSA) is 101 Å². The standard InChI is InChI=1S/C14H14F5NO6S/c1-5(12(21)22)20(13(23)26-14(2,3)4)27(24,25)11-9(18)7(16)6(15)8(17)10(11)19/h5H,1-4H3,(H,21,22). The summed E-state index contributed by atoms with van der Waals surface area (Å²) in [6.07, 6.45) is -1.89. The Bertz CT molecular complexity index is 867. The maximum Gasteiger partial charge on any atom is 0.425 e. The van der Waals surface area contributed by atoms with Gasteiger partial charge in [-0.05, 0) is 27.7 Å². The van der Waals surface area contributed by atoms with Gasteiger partial charge in [0.05, 0.1) is 0 Å². The van der Waals surface area contributed by atoms with Crippen LogP contribution in [0.2, 0.25) is 0 Å². The van der Waals surface area contributed by atoms with E-state index in [1.807, 2.05) is 0 Å². The molecule has 0 aliphatic carbocycles. The molecule has 0 aliphatic rings. The zero-order chi connectivity index (χ0) is 21.5. The fourth-order valence-corrected chi connectivity index (χ4v) is 3.35. The molecule has 0 saturated heterocycles. The lowest BCUT2D eigenvalue weighted by molar-refractivity contribution is -0.140. The molecule has 13 heteroatoms. The fraction of sp³-hybridized carbons (Fsp3) is 0.429. The lowest BCUT2D eigenvalue weighted by Crippen LogP contribution is -2.49. The van der Waals surface area contributed by atoms with Gasteiger partial charge in [0.15, 0.2) is 28.2 Å². The molecule has 0 spiro atoms. The van der Waals surface area contributed by atoms with Crippen molar-refractivity contribution in [3.63, 3.8) is 0 Å². The molecule has 0 aliphatic heterocycles. The van der Waals surface area contributed by atoms with Crippen molar-refractivity contribution in [1.29, 1.82) is 0 Å². The molecule has 0 radical (unpaired) electrons. The van der Waals surface area contributed by atoms with Crippen molar-refractivity contribution in [2.45, 2.75) is 44.2 Å². The highest BCUT2D eigenvalue weighted by Crippen LogP contribution is 2.30. The van der Waals surface area contributed by atoms with Crippen molar-refractivity contribution < 1.29 is 49.8 Å². The van der Waals surface area contributed by atoms with Gasteiger partial charge in [0.2, 0.25) is 5.82 Å². The summed E-state index contributed by atoms with van der Waals surface area (Å²) >= 11 is 0. The average molecular weight is 419 g/mol. The number of carbonyl (C=O) groups is 2. The van der Waals surface area contributed by atoms with Crippen molar-refractivity contribution in [3.05, 3.63) is 29.1 Å². The van der Waals surface area contributed by atoms with Gasteiger partial charge in [-0.3, -0.25) is 0 Å². The highest BCUT2D eigenvalue weighted by atomic mass is 32.2. The van der Waals surface area contributed by atoms with E-state index >= 15 is 0 Å². The van der Waals surface area contributed by atoms with Crippen LogP contribution >= 0.6 is 0 Å². The van der Waals surface area contributed by atoms with Crippen LogP contribution in [0.4, 0.5) is 26.7 Å². The van der Waals surface area contributed by atoms with Crippen molar-refractivity contribution in [2.75, 3.05) is 0 Å². The molecule has 1 aromatic rings. The van der Waals surface area contributed by atoms with Gasteiger partial charge in [0, 0.05) is 0 Å². The molecule has 152 valence electrons. The van der Waals surface area contributed by atoms with Crippen molar-refractivity contribution in [2.24, 2.45) is 0 Å². The Kier molecular flexibility index (Phi) is 6.10. The van der Waals surface area contributed by atoms with Gasteiger partial charge in [0.1, 0.15) is 11.6 Å². The van der Waals surface area contributed by atoms with E-state index in [1.54, 1.807) is 0 Å². The highest BCUT2D eigenvalue weighted by Gasteiger charge is 2.45. The largest absolute Gasteiger partial charge is 0.480 e. The van der Waals surface area contributed by atoms with Crippen molar-refractivity contribution >= 4 is 22.1 Å². The SMILES string of the molecule is CC(C(=O)O)N(C(=O)OC(C)(C)C)S(=O)(=O)c1c(F)c(F)c(F)c(F)c1F. The van der Waals surface area contributed by atoms with E-state index in [0.717, 1.165) is 0 Å². The number of ether oxygens (including phenoxy) is 1. The van der Waals surface area contributed by atoms with Crippen LogP contribution in [0.5, 0.6) is 0 Å². The predicted octanol–water partition coefficient (Wildman–Crippen LogP) is 2.78. The molecule has 1 N–H and O–H groups in total. The molecule has 27 heavy (non-hydrogen) atoms. The smallest absolute Gasteiger partial charge is 0.425 e. The fourth-order valence-electron chi connectivity index (χ4n) is 1.78. The van der Waals surface area contributed by atoms with E-state index in [2.05, 4.69) is 4.74 Å².